The van der Waals surface area contributed by atoms with Crippen molar-refractivity contribution in [1.29, 1.82) is 0 Å². The highest BCUT2D eigenvalue weighted by atomic mass is 16.5. The lowest BCUT2D eigenvalue weighted by Crippen LogP contribution is -2.11. The fourth-order valence-corrected chi connectivity index (χ4v) is 3.60. The van der Waals surface area contributed by atoms with Crippen molar-refractivity contribution in [3.05, 3.63) is 77.2 Å². The summed E-state index contributed by atoms with van der Waals surface area (Å²) in [6.45, 7) is 11.2. The lowest BCUT2D eigenvalue weighted by Gasteiger charge is -2.18. The number of rotatable bonds is 5. The van der Waals surface area contributed by atoms with Crippen LogP contribution in [0.25, 0.3) is 16.8 Å². The van der Waals surface area contributed by atoms with Crippen LogP contribution in [-0.2, 0) is 16.7 Å². The zero-order valence-electron chi connectivity index (χ0n) is 18.7. The number of benzene rings is 1. The minimum Gasteiger partial charge on any atom is -0.461 e. The third-order valence-electron chi connectivity index (χ3n) is 5.39. The van der Waals surface area contributed by atoms with Gasteiger partial charge in [-0.05, 0) is 49.1 Å². The molecular weight excluding hydrogens is 388 g/mol. The molecule has 0 fully saturated rings. The molecule has 6 heteroatoms. The fourth-order valence-electron chi connectivity index (χ4n) is 3.60. The average molecular weight is 417 g/mol. The number of aromatic nitrogens is 4. The van der Waals surface area contributed by atoms with Crippen LogP contribution < -0.4 is 0 Å². The van der Waals surface area contributed by atoms with Crippen molar-refractivity contribution >= 4 is 11.5 Å². The Hall–Kier alpha value is -3.41. The highest BCUT2D eigenvalue weighted by molar-refractivity contribution is 5.87. The van der Waals surface area contributed by atoms with Crippen LogP contribution in [0.1, 0.15) is 55.1 Å². The first-order valence-electron chi connectivity index (χ1n) is 10.6. The number of hydrogen-bond donors (Lipinski definition) is 0. The molecule has 4 aromatic rings. The Morgan fingerprint density at radius 3 is 2.45 bits per heavy atom. The molecule has 6 nitrogen and oxygen atoms in total. The zero-order valence-corrected chi connectivity index (χ0v) is 18.7. The van der Waals surface area contributed by atoms with Gasteiger partial charge in [0, 0.05) is 11.3 Å². The van der Waals surface area contributed by atoms with E-state index in [-0.39, 0.29) is 5.41 Å². The van der Waals surface area contributed by atoms with E-state index >= 15 is 0 Å². The Morgan fingerprint density at radius 2 is 1.77 bits per heavy atom. The van der Waals surface area contributed by atoms with E-state index < -0.39 is 5.97 Å². The SMILES string of the molecule is CCOC(=O)c1cc(C)n(Cc2cccc3cc(-c4ccc(C(C)(C)C)cc4)nn23)n1. The minimum absolute atomic E-state index is 0.120. The van der Waals surface area contributed by atoms with E-state index in [1.807, 2.05) is 29.6 Å². The zero-order chi connectivity index (χ0) is 22.2. The smallest absolute Gasteiger partial charge is 0.358 e. The van der Waals surface area contributed by atoms with Gasteiger partial charge in [0.1, 0.15) is 0 Å². The third-order valence-corrected chi connectivity index (χ3v) is 5.39. The van der Waals surface area contributed by atoms with Crippen LogP contribution in [-0.4, -0.2) is 32.0 Å². The number of nitrogens with zero attached hydrogens (tertiary/aromatic N) is 4. The van der Waals surface area contributed by atoms with Crippen LogP contribution in [0.15, 0.2) is 54.6 Å². The van der Waals surface area contributed by atoms with Crippen LogP contribution in [0.3, 0.4) is 0 Å². The number of pyridine rings is 1. The van der Waals surface area contributed by atoms with Crippen LogP contribution >= 0.6 is 0 Å². The van der Waals surface area contributed by atoms with E-state index in [9.17, 15) is 4.79 Å². The average Bonchev–Trinajstić information content (AvgIpc) is 3.32. The van der Waals surface area contributed by atoms with Gasteiger partial charge in [0.25, 0.3) is 0 Å². The summed E-state index contributed by atoms with van der Waals surface area (Å²) in [5.41, 5.74) is 6.65. The van der Waals surface area contributed by atoms with Gasteiger partial charge in [0.05, 0.1) is 30.1 Å². The second kappa shape index (κ2) is 8.02. The summed E-state index contributed by atoms with van der Waals surface area (Å²) in [6, 6.07) is 18.5. The Morgan fingerprint density at radius 1 is 1.03 bits per heavy atom. The lowest BCUT2D eigenvalue weighted by molar-refractivity contribution is 0.0518. The van der Waals surface area contributed by atoms with E-state index in [0.29, 0.717) is 18.8 Å². The van der Waals surface area contributed by atoms with E-state index in [1.165, 1.54) is 5.56 Å². The molecule has 0 aliphatic heterocycles. The third kappa shape index (κ3) is 4.24. The molecule has 3 aromatic heterocycles. The van der Waals surface area contributed by atoms with Crippen LogP contribution in [0.2, 0.25) is 0 Å². The number of fused-ring (bicyclic) bond motifs is 1. The van der Waals surface area contributed by atoms with Crippen molar-refractivity contribution in [2.24, 2.45) is 0 Å². The molecule has 0 N–H and O–H groups in total. The molecule has 0 atom stereocenters. The van der Waals surface area contributed by atoms with Crippen molar-refractivity contribution in [2.75, 3.05) is 6.61 Å². The molecule has 0 amide bonds. The predicted molar refractivity (Wildman–Crippen MR) is 121 cm³/mol. The summed E-state index contributed by atoms with van der Waals surface area (Å²) < 4.78 is 8.81. The standard InChI is InChI=1S/C25H28N4O2/c1-6-31-24(30)23-14-17(2)28(26-23)16-21-9-7-8-20-15-22(27-29(20)21)18-10-12-19(13-11-18)25(3,4)5/h7-15H,6,16H2,1-5H3. The van der Waals surface area contributed by atoms with Gasteiger partial charge in [-0.25, -0.2) is 9.31 Å². The van der Waals surface area contributed by atoms with Gasteiger partial charge in [-0.1, -0.05) is 51.1 Å². The molecule has 31 heavy (non-hydrogen) atoms. The molecule has 0 aliphatic carbocycles. The summed E-state index contributed by atoms with van der Waals surface area (Å²) >= 11 is 0. The normalized spacial score (nSPS) is 11.8. The summed E-state index contributed by atoms with van der Waals surface area (Å²) in [4.78, 5) is 12.0. The van der Waals surface area contributed by atoms with E-state index in [4.69, 9.17) is 9.84 Å². The largest absolute Gasteiger partial charge is 0.461 e. The van der Waals surface area contributed by atoms with Gasteiger partial charge < -0.3 is 4.74 Å². The number of esters is 1. The van der Waals surface area contributed by atoms with Crippen molar-refractivity contribution in [1.82, 2.24) is 19.4 Å². The van der Waals surface area contributed by atoms with Crippen LogP contribution in [0.4, 0.5) is 0 Å². The van der Waals surface area contributed by atoms with Gasteiger partial charge in [0.15, 0.2) is 5.69 Å². The number of ether oxygens (including phenoxy) is 1. The van der Waals surface area contributed by atoms with Crippen LogP contribution in [0, 0.1) is 6.92 Å². The van der Waals surface area contributed by atoms with E-state index in [2.05, 4.69) is 56.2 Å². The molecule has 0 saturated carbocycles. The van der Waals surface area contributed by atoms with Crippen molar-refractivity contribution in [2.45, 2.75) is 46.6 Å². The minimum atomic E-state index is -0.400. The molecule has 160 valence electrons. The summed E-state index contributed by atoms with van der Waals surface area (Å²) in [6.07, 6.45) is 0. The number of hydrogen-bond acceptors (Lipinski definition) is 4. The number of carbonyl (C=O) groups is 1. The molecule has 0 aliphatic rings. The second-order valence-electron chi connectivity index (χ2n) is 8.76. The Labute approximate surface area is 182 Å². The Bertz CT molecular complexity index is 1230. The first-order chi connectivity index (χ1) is 14.8. The predicted octanol–water partition coefficient (Wildman–Crippen LogP) is 5.03. The quantitative estimate of drug-likeness (QED) is 0.428. The van der Waals surface area contributed by atoms with Crippen molar-refractivity contribution < 1.29 is 9.53 Å². The van der Waals surface area contributed by atoms with Crippen molar-refractivity contribution in [3.63, 3.8) is 0 Å². The maximum Gasteiger partial charge on any atom is 0.358 e. The molecule has 0 radical (unpaired) electrons. The molecule has 0 spiro atoms. The summed E-state index contributed by atoms with van der Waals surface area (Å²) in [7, 11) is 0. The first kappa shape index (κ1) is 20.8. The van der Waals surface area contributed by atoms with Gasteiger partial charge in [-0.3, -0.25) is 4.68 Å². The Balaban J connectivity index is 1.65. The van der Waals surface area contributed by atoms with Crippen LogP contribution in [0.5, 0.6) is 0 Å². The van der Waals surface area contributed by atoms with Gasteiger partial charge in [-0.15, -0.1) is 0 Å². The maximum absolute atomic E-state index is 12.0. The maximum atomic E-state index is 12.0. The summed E-state index contributed by atoms with van der Waals surface area (Å²) in [5, 5.41) is 9.28. The molecule has 1 aromatic carbocycles. The monoisotopic (exact) mass is 416 g/mol. The first-order valence-corrected chi connectivity index (χ1v) is 10.6. The molecule has 0 bridgehead atoms. The highest BCUT2D eigenvalue weighted by Gasteiger charge is 2.16. The highest BCUT2D eigenvalue weighted by Crippen LogP contribution is 2.26. The number of carbonyl (C=O) groups excluding carboxylic acids is 1. The fraction of sp³-hybridized carbons (Fsp3) is 0.320. The van der Waals surface area contributed by atoms with E-state index in [0.717, 1.165) is 28.2 Å². The molecule has 0 unspecified atom stereocenters. The summed E-state index contributed by atoms with van der Waals surface area (Å²) in [5.74, 6) is -0.400. The molecular formula is C25H28N4O2. The second-order valence-corrected chi connectivity index (χ2v) is 8.76. The van der Waals surface area contributed by atoms with Gasteiger partial charge >= 0.3 is 5.97 Å². The lowest BCUT2D eigenvalue weighted by atomic mass is 9.86. The van der Waals surface area contributed by atoms with E-state index in [1.54, 1.807) is 17.7 Å². The van der Waals surface area contributed by atoms with Gasteiger partial charge in [-0.2, -0.15) is 10.2 Å². The Kier molecular flexibility index (Phi) is 5.39. The number of aryl methyl sites for hydroxylation is 1. The van der Waals surface area contributed by atoms with Gasteiger partial charge in [0.2, 0.25) is 0 Å². The molecule has 4 rings (SSSR count). The topological polar surface area (TPSA) is 61.4 Å². The van der Waals surface area contributed by atoms with Crippen molar-refractivity contribution in [3.8, 4) is 11.3 Å². The molecule has 0 saturated heterocycles. The molecule has 3 heterocycles.